The molecule has 0 aliphatic carbocycles. The number of benzene rings is 3. The average Bonchev–Trinajstić information content (AvgIpc) is 2.81. The molecule has 2 atom stereocenters. The van der Waals surface area contributed by atoms with Gasteiger partial charge in [0.2, 0.25) is 11.8 Å². The van der Waals surface area contributed by atoms with E-state index >= 15 is 0 Å². The summed E-state index contributed by atoms with van der Waals surface area (Å²) in [4.78, 5) is 27.2. The van der Waals surface area contributed by atoms with Crippen LogP contribution in [0.4, 0.5) is 8.78 Å². The van der Waals surface area contributed by atoms with E-state index in [9.17, 15) is 18.4 Å². The Balaban J connectivity index is 1.79. The van der Waals surface area contributed by atoms with E-state index in [4.69, 9.17) is 0 Å². The largest absolute Gasteiger partial charge is 0.357 e. The van der Waals surface area contributed by atoms with Crippen molar-refractivity contribution in [1.29, 1.82) is 0 Å². The molecule has 0 spiro atoms. The Morgan fingerprint density at radius 1 is 0.875 bits per heavy atom. The van der Waals surface area contributed by atoms with Crippen LogP contribution in [-0.2, 0) is 22.4 Å². The summed E-state index contributed by atoms with van der Waals surface area (Å²) in [5.41, 5.74) is 1.41. The smallest absolute Gasteiger partial charge is 0.242 e. The molecule has 7 heteroatoms. The van der Waals surface area contributed by atoms with Crippen molar-refractivity contribution in [2.45, 2.75) is 24.9 Å². The van der Waals surface area contributed by atoms with Gasteiger partial charge < -0.3 is 15.5 Å². The third-order valence-electron chi connectivity index (χ3n) is 5.68. The van der Waals surface area contributed by atoms with Gasteiger partial charge in [-0.2, -0.15) is 0 Å². The standard InChI is InChI=1S/C25H27F2N3O2/c1-28-22(14-16-8-10-18-6-4-5-7-19(18)12-16)25(32)30(3)23(24(31)29-2)15-17-9-11-20(26)21(27)13-17/h4-13,22-23,28H,14-15H2,1-3H3,(H,29,31)/t22-,23-/m1/s1. The molecule has 0 aliphatic heterocycles. The zero-order valence-corrected chi connectivity index (χ0v) is 18.4. The molecule has 0 saturated heterocycles. The predicted molar refractivity (Wildman–Crippen MR) is 121 cm³/mol. The van der Waals surface area contributed by atoms with Crippen LogP contribution in [0, 0.1) is 11.6 Å². The topological polar surface area (TPSA) is 61.4 Å². The van der Waals surface area contributed by atoms with Gasteiger partial charge in [-0.3, -0.25) is 9.59 Å². The minimum Gasteiger partial charge on any atom is -0.357 e. The summed E-state index contributed by atoms with van der Waals surface area (Å²) in [6.07, 6.45) is 0.502. The molecule has 0 bridgehead atoms. The van der Waals surface area contributed by atoms with Crippen LogP contribution in [-0.4, -0.2) is 49.9 Å². The van der Waals surface area contributed by atoms with E-state index in [1.165, 1.54) is 18.0 Å². The number of hydrogen-bond acceptors (Lipinski definition) is 3. The van der Waals surface area contributed by atoms with Gasteiger partial charge in [-0.05, 0) is 47.5 Å². The number of nitrogens with one attached hydrogen (secondary N) is 2. The number of hydrogen-bond donors (Lipinski definition) is 2. The first-order valence-electron chi connectivity index (χ1n) is 10.4. The van der Waals surface area contributed by atoms with E-state index in [1.807, 2.05) is 42.5 Å². The van der Waals surface area contributed by atoms with Gasteiger partial charge in [0.25, 0.3) is 0 Å². The molecule has 5 nitrogen and oxygen atoms in total. The molecule has 0 aromatic heterocycles. The molecule has 168 valence electrons. The Bertz CT molecular complexity index is 1120. The minimum absolute atomic E-state index is 0.0610. The second kappa shape index (κ2) is 10.3. The molecule has 2 N–H and O–H groups in total. The lowest BCUT2D eigenvalue weighted by Crippen LogP contribution is -2.54. The molecule has 0 radical (unpaired) electrons. The lowest BCUT2D eigenvalue weighted by Gasteiger charge is -2.30. The summed E-state index contributed by atoms with van der Waals surface area (Å²) < 4.78 is 26.9. The summed E-state index contributed by atoms with van der Waals surface area (Å²) in [6.45, 7) is 0. The molecule has 2 amide bonds. The van der Waals surface area contributed by atoms with Crippen LogP contribution in [0.3, 0.4) is 0 Å². The molecule has 3 rings (SSSR count). The highest BCUT2D eigenvalue weighted by Gasteiger charge is 2.30. The normalized spacial score (nSPS) is 12.9. The molecule has 0 heterocycles. The molecular formula is C25H27F2N3O2. The molecule has 0 unspecified atom stereocenters. The van der Waals surface area contributed by atoms with Crippen molar-refractivity contribution >= 4 is 22.6 Å². The zero-order valence-electron chi connectivity index (χ0n) is 18.4. The molecule has 32 heavy (non-hydrogen) atoms. The summed E-state index contributed by atoms with van der Waals surface area (Å²) in [6, 6.07) is 16.1. The van der Waals surface area contributed by atoms with Gasteiger partial charge in [0.05, 0.1) is 6.04 Å². The lowest BCUT2D eigenvalue weighted by atomic mass is 9.99. The van der Waals surface area contributed by atoms with Gasteiger partial charge >= 0.3 is 0 Å². The Morgan fingerprint density at radius 3 is 2.19 bits per heavy atom. The lowest BCUT2D eigenvalue weighted by molar-refractivity contribution is -0.140. The van der Waals surface area contributed by atoms with Gasteiger partial charge in [-0.1, -0.05) is 48.5 Å². The summed E-state index contributed by atoms with van der Waals surface area (Å²) >= 11 is 0. The van der Waals surface area contributed by atoms with Crippen LogP contribution in [0.5, 0.6) is 0 Å². The molecule has 3 aromatic carbocycles. The highest BCUT2D eigenvalue weighted by molar-refractivity contribution is 5.90. The van der Waals surface area contributed by atoms with Gasteiger partial charge in [-0.15, -0.1) is 0 Å². The fraction of sp³-hybridized carbons (Fsp3) is 0.280. The highest BCUT2D eigenvalue weighted by Crippen LogP contribution is 2.18. The fourth-order valence-corrected chi connectivity index (χ4v) is 3.78. The number of amides is 2. The van der Waals surface area contributed by atoms with Crippen molar-refractivity contribution in [1.82, 2.24) is 15.5 Å². The maximum Gasteiger partial charge on any atom is 0.242 e. The molecular weight excluding hydrogens is 412 g/mol. The van der Waals surface area contributed by atoms with Crippen molar-refractivity contribution in [2.75, 3.05) is 21.1 Å². The second-order valence-electron chi connectivity index (χ2n) is 7.76. The maximum atomic E-state index is 13.6. The van der Waals surface area contributed by atoms with Crippen molar-refractivity contribution in [2.24, 2.45) is 0 Å². The Hall–Kier alpha value is -3.32. The monoisotopic (exact) mass is 439 g/mol. The van der Waals surface area contributed by atoms with Crippen molar-refractivity contribution in [3.8, 4) is 0 Å². The molecule has 3 aromatic rings. The first-order valence-corrected chi connectivity index (χ1v) is 10.4. The van der Waals surface area contributed by atoms with Crippen LogP contribution in [0.25, 0.3) is 10.8 Å². The average molecular weight is 440 g/mol. The third-order valence-corrected chi connectivity index (χ3v) is 5.68. The van der Waals surface area contributed by atoms with E-state index in [1.54, 1.807) is 14.1 Å². The summed E-state index contributed by atoms with van der Waals surface area (Å²) in [7, 11) is 4.72. The van der Waals surface area contributed by atoms with E-state index in [0.717, 1.165) is 28.5 Å². The van der Waals surface area contributed by atoms with Crippen molar-refractivity contribution in [3.05, 3.63) is 83.4 Å². The number of carbonyl (C=O) groups is 2. The summed E-state index contributed by atoms with van der Waals surface area (Å²) in [5, 5.41) is 7.79. The Morgan fingerprint density at radius 2 is 1.53 bits per heavy atom. The van der Waals surface area contributed by atoms with Crippen LogP contribution in [0.15, 0.2) is 60.7 Å². The van der Waals surface area contributed by atoms with E-state index in [2.05, 4.69) is 10.6 Å². The third kappa shape index (κ3) is 5.29. The number of rotatable bonds is 8. The highest BCUT2D eigenvalue weighted by atomic mass is 19.2. The van der Waals surface area contributed by atoms with Crippen molar-refractivity contribution < 1.29 is 18.4 Å². The van der Waals surface area contributed by atoms with Gasteiger partial charge in [0.15, 0.2) is 11.6 Å². The van der Waals surface area contributed by atoms with Crippen LogP contribution in [0.2, 0.25) is 0 Å². The van der Waals surface area contributed by atoms with Crippen LogP contribution >= 0.6 is 0 Å². The second-order valence-corrected chi connectivity index (χ2v) is 7.76. The fourth-order valence-electron chi connectivity index (χ4n) is 3.78. The van der Waals surface area contributed by atoms with E-state index in [-0.39, 0.29) is 18.2 Å². The molecule has 0 saturated carbocycles. The van der Waals surface area contributed by atoms with E-state index in [0.29, 0.717) is 12.0 Å². The number of halogens is 2. The predicted octanol–water partition coefficient (Wildman–Crippen LogP) is 3.06. The Labute approximate surface area is 186 Å². The zero-order chi connectivity index (χ0) is 23.3. The van der Waals surface area contributed by atoms with Gasteiger partial charge in [-0.25, -0.2) is 8.78 Å². The minimum atomic E-state index is -0.989. The maximum absolute atomic E-state index is 13.6. The van der Waals surface area contributed by atoms with Crippen LogP contribution in [0.1, 0.15) is 11.1 Å². The van der Waals surface area contributed by atoms with Gasteiger partial charge in [0.1, 0.15) is 6.04 Å². The first-order chi connectivity index (χ1) is 15.3. The van der Waals surface area contributed by atoms with Crippen LogP contribution < -0.4 is 10.6 Å². The van der Waals surface area contributed by atoms with Crippen molar-refractivity contribution in [3.63, 3.8) is 0 Å². The number of nitrogens with zero attached hydrogens (tertiary/aromatic N) is 1. The summed E-state index contributed by atoms with van der Waals surface area (Å²) in [5.74, 6) is -2.60. The molecule has 0 aliphatic rings. The molecule has 0 fully saturated rings. The first kappa shape index (κ1) is 23.3. The SMILES string of the molecule is CNC(=O)[C@@H](Cc1ccc(F)c(F)c1)N(C)C(=O)[C@@H](Cc1ccc2ccccc2c1)NC. The number of fused-ring (bicyclic) bond motifs is 1. The van der Waals surface area contributed by atoms with E-state index < -0.39 is 23.7 Å². The number of carbonyl (C=O) groups excluding carboxylic acids is 2. The number of likely N-dealkylation sites (N-methyl/N-ethyl adjacent to an activating group) is 3. The van der Waals surface area contributed by atoms with Gasteiger partial charge in [0, 0.05) is 20.5 Å². The Kier molecular flexibility index (Phi) is 7.53. The quantitative estimate of drug-likeness (QED) is 0.567.